The first kappa shape index (κ1) is 12.0. The number of methoxy groups -OCH3 is 1. The van der Waals surface area contributed by atoms with E-state index in [1.54, 1.807) is 7.11 Å². The number of rotatable bonds is 2. The Bertz CT molecular complexity index is 549. The van der Waals surface area contributed by atoms with Gasteiger partial charge in [0, 0.05) is 10.9 Å². The lowest BCUT2D eigenvalue weighted by molar-refractivity contribution is 0.412. The number of fused-ring (bicyclic) bond motifs is 1. The normalized spacial score (nSPS) is 11.1. The summed E-state index contributed by atoms with van der Waals surface area (Å²) in [6.07, 6.45) is 0. The van der Waals surface area contributed by atoms with E-state index in [1.165, 1.54) is 0 Å². The smallest absolute Gasteiger partial charge is 0.150 e. The molecule has 2 rings (SSSR count). The molecule has 0 unspecified atom stereocenters. The molecule has 86 valence electrons. The molecule has 0 aliphatic rings. The molecule has 2 aromatic rings. The summed E-state index contributed by atoms with van der Waals surface area (Å²) in [5.74, 6) is 1.57. The standard InChI is InChI=1S/C11H11Br2NO2/c1-5-8(4-14)16-11-6(12)3-7(15-2)10(13)9(5)11/h3H,4,14H2,1-2H3. The number of benzene rings is 1. The van der Waals surface area contributed by atoms with Crippen LogP contribution in [0, 0.1) is 6.92 Å². The Morgan fingerprint density at radius 2 is 2.12 bits per heavy atom. The van der Waals surface area contributed by atoms with Crippen molar-refractivity contribution in [3.05, 3.63) is 26.3 Å². The maximum absolute atomic E-state index is 5.70. The monoisotopic (exact) mass is 347 g/mol. The fourth-order valence-electron chi connectivity index (χ4n) is 1.70. The van der Waals surface area contributed by atoms with Crippen LogP contribution in [0.5, 0.6) is 5.75 Å². The first-order valence-electron chi connectivity index (χ1n) is 4.74. The maximum Gasteiger partial charge on any atom is 0.150 e. The molecule has 3 nitrogen and oxygen atoms in total. The van der Waals surface area contributed by atoms with Crippen LogP contribution >= 0.6 is 31.9 Å². The van der Waals surface area contributed by atoms with E-state index in [1.807, 2.05) is 13.0 Å². The van der Waals surface area contributed by atoms with Crippen LogP contribution in [-0.4, -0.2) is 7.11 Å². The lowest BCUT2D eigenvalue weighted by Gasteiger charge is -2.05. The summed E-state index contributed by atoms with van der Waals surface area (Å²) in [6.45, 7) is 2.38. The molecule has 1 aromatic heterocycles. The van der Waals surface area contributed by atoms with Crippen molar-refractivity contribution in [2.45, 2.75) is 13.5 Å². The molecule has 0 amide bonds. The molecule has 0 saturated carbocycles. The number of nitrogens with two attached hydrogens (primary N) is 1. The highest BCUT2D eigenvalue weighted by Crippen LogP contribution is 2.41. The molecule has 0 saturated heterocycles. The molecule has 0 aliphatic heterocycles. The van der Waals surface area contributed by atoms with E-state index in [2.05, 4.69) is 31.9 Å². The molecule has 0 radical (unpaired) electrons. The van der Waals surface area contributed by atoms with Gasteiger partial charge < -0.3 is 14.9 Å². The first-order valence-corrected chi connectivity index (χ1v) is 6.32. The topological polar surface area (TPSA) is 48.4 Å². The maximum atomic E-state index is 5.70. The predicted octanol–water partition coefficient (Wildman–Crippen LogP) is 3.73. The second-order valence-electron chi connectivity index (χ2n) is 3.43. The molecule has 0 fully saturated rings. The second-order valence-corrected chi connectivity index (χ2v) is 5.08. The number of hydrogen-bond donors (Lipinski definition) is 1. The summed E-state index contributed by atoms with van der Waals surface area (Å²) in [4.78, 5) is 0. The Morgan fingerprint density at radius 3 is 2.69 bits per heavy atom. The van der Waals surface area contributed by atoms with Crippen LogP contribution in [0.2, 0.25) is 0 Å². The highest BCUT2D eigenvalue weighted by molar-refractivity contribution is 9.11. The minimum absolute atomic E-state index is 0.391. The van der Waals surface area contributed by atoms with Crippen molar-refractivity contribution in [3.63, 3.8) is 0 Å². The largest absolute Gasteiger partial charge is 0.496 e. The number of furan rings is 1. The van der Waals surface area contributed by atoms with Gasteiger partial charge >= 0.3 is 0 Å². The van der Waals surface area contributed by atoms with Crippen LogP contribution in [0.25, 0.3) is 11.0 Å². The van der Waals surface area contributed by atoms with Crippen molar-refractivity contribution in [2.24, 2.45) is 5.73 Å². The Labute approximate surface area is 110 Å². The zero-order valence-electron chi connectivity index (χ0n) is 8.93. The SMILES string of the molecule is COc1cc(Br)c2oc(CN)c(C)c2c1Br. The number of ether oxygens (including phenoxy) is 1. The van der Waals surface area contributed by atoms with Crippen molar-refractivity contribution in [3.8, 4) is 5.75 Å². The van der Waals surface area contributed by atoms with E-state index >= 15 is 0 Å². The van der Waals surface area contributed by atoms with Gasteiger partial charge in [0.15, 0.2) is 0 Å². The van der Waals surface area contributed by atoms with E-state index in [0.717, 1.165) is 37.0 Å². The van der Waals surface area contributed by atoms with Gasteiger partial charge in [-0.15, -0.1) is 0 Å². The molecule has 0 atom stereocenters. The lowest BCUT2D eigenvalue weighted by atomic mass is 10.1. The van der Waals surface area contributed by atoms with Gasteiger partial charge in [-0.3, -0.25) is 0 Å². The summed E-state index contributed by atoms with van der Waals surface area (Å²) in [5.41, 5.74) is 7.47. The Hall–Kier alpha value is -0.520. The molecule has 2 N–H and O–H groups in total. The highest BCUT2D eigenvalue weighted by atomic mass is 79.9. The van der Waals surface area contributed by atoms with Crippen LogP contribution in [0.1, 0.15) is 11.3 Å². The van der Waals surface area contributed by atoms with Crippen LogP contribution in [-0.2, 0) is 6.54 Å². The van der Waals surface area contributed by atoms with Gasteiger partial charge in [0.1, 0.15) is 17.1 Å². The van der Waals surface area contributed by atoms with Gasteiger partial charge in [0.2, 0.25) is 0 Å². The van der Waals surface area contributed by atoms with E-state index in [-0.39, 0.29) is 0 Å². The average Bonchev–Trinajstić information content (AvgIpc) is 2.61. The van der Waals surface area contributed by atoms with Crippen molar-refractivity contribution in [1.82, 2.24) is 0 Å². The fourth-order valence-corrected chi connectivity index (χ4v) is 2.94. The molecule has 16 heavy (non-hydrogen) atoms. The van der Waals surface area contributed by atoms with Gasteiger partial charge in [0.25, 0.3) is 0 Å². The minimum atomic E-state index is 0.391. The van der Waals surface area contributed by atoms with Crippen LogP contribution in [0.4, 0.5) is 0 Å². The molecule has 0 aliphatic carbocycles. The zero-order chi connectivity index (χ0) is 11.9. The van der Waals surface area contributed by atoms with Crippen LogP contribution in [0.15, 0.2) is 19.4 Å². The molecule has 1 heterocycles. The van der Waals surface area contributed by atoms with Gasteiger partial charge in [-0.1, -0.05) is 0 Å². The second kappa shape index (κ2) is 4.39. The molecule has 5 heteroatoms. The van der Waals surface area contributed by atoms with E-state index in [9.17, 15) is 0 Å². The molecular weight excluding hydrogens is 338 g/mol. The van der Waals surface area contributed by atoms with Crippen molar-refractivity contribution < 1.29 is 9.15 Å². The Balaban J connectivity index is 2.88. The van der Waals surface area contributed by atoms with E-state index < -0.39 is 0 Å². The number of hydrogen-bond acceptors (Lipinski definition) is 3. The number of aryl methyl sites for hydroxylation is 1. The number of halogens is 2. The summed E-state index contributed by atoms with van der Waals surface area (Å²) in [5, 5.41) is 1.01. The molecular formula is C11H11Br2NO2. The van der Waals surface area contributed by atoms with Crippen LogP contribution < -0.4 is 10.5 Å². The highest BCUT2D eigenvalue weighted by Gasteiger charge is 2.18. The van der Waals surface area contributed by atoms with Crippen LogP contribution in [0.3, 0.4) is 0 Å². The van der Waals surface area contributed by atoms with E-state index in [4.69, 9.17) is 14.9 Å². The molecule has 0 spiro atoms. The molecule has 0 bridgehead atoms. The van der Waals surface area contributed by atoms with Crippen molar-refractivity contribution in [1.29, 1.82) is 0 Å². The fraction of sp³-hybridized carbons (Fsp3) is 0.273. The summed E-state index contributed by atoms with van der Waals surface area (Å²) >= 11 is 6.99. The molecule has 1 aromatic carbocycles. The third-order valence-corrected chi connectivity index (χ3v) is 3.94. The van der Waals surface area contributed by atoms with Gasteiger partial charge in [0.05, 0.1) is 22.6 Å². The van der Waals surface area contributed by atoms with E-state index in [0.29, 0.717) is 6.54 Å². The first-order chi connectivity index (χ1) is 7.60. The summed E-state index contributed by atoms with van der Waals surface area (Å²) in [6, 6.07) is 1.87. The third kappa shape index (κ3) is 1.67. The lowest BCUT2D eigenvalue weighted by Crippen LogP contribution is -1.95. The minimum Gasteiger partial charge on any atom is -0.496 e. The third-order valence-electron chi connectivity index (χ3n) is 2.56. The average molecular weight is 349 g/mol. The Morgan fingerprint density at radius 1 is 1.44 bits per heavy atom. The summed E-state index contributed by atoms with van der Waals surface area (Å²) < 4.78 is 12.7. The zero-order valence-corrected chi connectivity index (χ0v) is 12.1. The van der Waals surface area contributed by atoms with Gasteiger partial charge in [-0.2, -0.15) is 0 Å². The van der Waals surface area contributed by atoms with Gasteiger partial charge in [-0.25, -0.2) is 0 Å². The van der Waals surface area contributed by atoms with Crippen molar-refractivity contribution >= 4 is 42.8 Å². The predicted molar refractivity (Wildman–Crippen MR) is 70.8 cm³/mol. The Kier molecular flexibility index (Phi) is 3.28. The quantitative estimate of drug-likeness (QED) is 0.899. The van der Waals surface area contributed by atoms with Gasteiger partial charge in [-0.05, 0) is 44.8 Å². The summed E-state index contributed by atoms with van der Waals surface area (Å²) in [7, 11) is 1.64. The van der Waals surface area contributed by atoms with Crippen molar-refractivity contribution in [2.75, 3.05) is 7.11 Å².